The van der Waals surface area contributed by atoms with Crippen LogP contribution in [0, 0.1) is 5.92 Å². The molecular weight excluding hydrogens is 352 g/mol. The molecule has 24 heavy (non-hydrogen) atoms. The van der Waals surface area contributed by atoms with Gasteiger partial charge in [-0.05, 0) is 44.0 Å². The highest BCUT2D eigenvalue weighted by Crippen LogP contribution is 2.38. The second-order valence-electron chi connectivity index (χ2n) is 5.94. The number of rotatable bonds is 5. The lowest BCUT2D eigenvalue weighted by Crippen LogP contribution is -2.41. The van der Waals surface area contributed by atoms with Crippen LogP contribution >= 0.6 is 12.4 Å². The van der Waals surface area contributed by atoms with Crippen molar-refractivity contribution in [2.24, 2.45) is 5.92 Å². The zero-order valence-electron chi connectivity index (χ0n) is 13.9. The predicted molar refractivity (Wildman–Crippen MR) is 94.7 cm³/mol. The standard InChI is InChI=1S/C16H24N2O4S.ClH/c1-2-17-12-13-6-8-18(9-7-13)23(19,20)15-5-3-4-14-16(15)22-11-10-21-14;/h3-5,13,17H,2,6-12H2,1H3;1H. The predicted octanol–water partition coefficient (Wildman–Crippen LogP) is 1.89. The van der Waals surface area contributed by atoms with Crippen LogP contribution in [-0.4, -0.2) is 52.1 Å². The Morgan fingerprint density at radius 3 is 2.62 bits per heavy atom. The van der Waals surface area contributed by atoms with Crippen molar-refractivity contribution in [3.05, 3.63) is 18.2 Å². The summed E-state index contributed by atoms with van der Waals surface area (Å²) in [5.74, 6) is 1.42. The fourth-order valence-electron chi connectivity index (χ4n) is 3.09. The number of piperidine rings is 1. The Morgan fingerprint density at radius 1 is 1.21 bits per heavy atom. The van der Waals surface area contributed by atoms with Crippen LogP contribution in [0.4, 0.5) is 0 Å². The normalized spacial score (nSPS) is 18.9. The number of nitrogens with zero attached hydrogens (tertiary/aromatic N) is 1. The Kier molecular flexibility index (Phi) is 6.74. The Bertz CT molecular complexity index is 645. The third-order valence-corrected chi connectivity index (χ3v) is 6.33. The minimum absolute atomic E-state index is 0. The second-order valence-corrected chi connectivity index (χ2v) is 7.84. The Morgan fingerprint density at radius 2 is 1.92 bits per heavy atom. The van der Waals surface area contributed by atoms with Gasteiger partial charge < -0.3 is 14.8 Å². The van der Waals surface area contributed by atoms with Crippen molar-refractivity contribution in [3.63, 3.8) is 0 Å². The molecule has 136 valence electrons. The third-order valence-electron chi connectivity index (χ3n) is 4.40. The molecule has 2 aliphatic rings. The summed E-state index contributed by atoms with van der Waals surface area (Å²) >= 11 is 0. The molecule has 0 aromatic heterocycles. The first kappa shape index (κ1) is 19.3. The molecule has 0 amide bonds. The van der Waals surface area contributed by atoms with E-state index in [2.05, 4.69) is 12.2 Å². The molecule has 2 aliphatic heterocycles. The van der Waals surface area contributed by atoms with Crippen LogP contribution in [0.15, 0.2) is 23.1 Å². The maximum Gasteiger partial charge on any atom is 0.246 e. The van der Waals surface area contributed by atoms with Gasteiger partial charge in [-0.2, -0.15) is 4.31 Å². The number of sulfonamides is 1. The number of hydrogen-bond donors (Lipinski definition) is 1. The first-order valence-electron chi connectivity index (χ1n) is 8.22. The molecule has 0 aliphatic carbocycles. The molecule has 0 radical (unpaired) electrons. The monoisotopic (exact) mass is 376 g/mol. The second kappa shape index (κ2) is 8.38. The van der Waals surface area contributed by atoms with Crippen LogP contribution < -0.4 is 14.8 Å². The molecule has 0 spiro atoms. The van der Waals surface area contributed by atoms with E-state index in [0.717, 1.165) is 25.9 Å². The van der Waals surface area contributed by atoms with E-state index in [4.69, 9.17) is 9.47 Å². The molecule has 1 aromatic rings. The highest BCUT2D eigenvalue weighted by atomic mass is 35.5. The average Bonchev–Trinajstić information content (AvgIpc) is 2.59. The van der Waals surface area contributed by atoms with Crippen LogP contribution in [0.3, 0.4) is 0 Å². The quantitative estimate of drug-likeness (QED) is 0.849. The molecule has 1 aromatic carbocycles. The van der Waals surface area contributed by atoms with Crippen LogP contribution in [0.1, 0.15) is 19.8 Å². The fourth-order valence-corrected chi connectivity index (χ4v) is 4.71. The number of halogens is 1. The Balaban J connectivity index is 0.00000208. The van der Waals surface area contributed by atoms with Crippen molar-refractivity contribution in [2.45, 2.75) is 24.7 Å². The number of fused-ring (bicyclic) bond motifs is 1. The maximum atomic E-state index is 13.0. The molecule has 2 heterocycles. The van der Waals surface area contributed by atoms with Crippen molar-refractivity contribution >= 4 is 22.4 Å². The summed E-state index contributed by atoms with van der Waals surface area (Å²) in [5, 5.41) is 3.34. The van der Waals surface area contributed by atoms with Gasteiger partial charge in [0, 0.05) is 13.1 Å². The fraction of sp³-hybridized carbons (Fsp3) is 0.625. The first-order valence-corrected chi connectivity index (χ1v) is 9.66. The topological polar surface area (TPSA) is 67.9 Å². The SMILES string of the molecule is CCNCC1CCN(S(=O)(=O)c2cccc3c2OCCO3)CC1.Cl. The van der Waals surface area contributed by atoms with Crippen LogP contribution in [-0.2, 0) is 10.0 Å². The van der Waals surface area contributed by atoms with E-state index in [1.807, 2.05) is 0 Å². The molecular formula is C16H25ClN2O4S. The lowest BCUT2D eigenvalue weighted by Gasteiger charge is -2.32. The average molecular weight is 377 g/mol. The van der Waals surface area contributed by atoms with Crippen molar-refractivity contribution in [3.8, 4) is 11.5 Å². The van der Waals surface area contributed by atoms with Gasteiger partial charge in [-0.1, -0.05) is 13.0 Å². The van der Waals surface area contributed by atoms with E-state index < -0.39 is 10.0 Å². The Hall–Kier alpha value is -1.02. The van der Waals surface area contributed by atoms with E-state index in [1.165, 1.54) is 0 Å². The minimum atomic E-state index is -3.54. The van der Waals surface area contributed by atoms with Crippen molar-refractivity contribution in [1.82, 2.24) is 9.62 Å². The summed E-state index contributed by atoms with van der Waals surface area (Å²) < 4.78 is 38.5. The number of ether oxygens (including phenoxy) is 2. The van der Waals surface area contributed by atoms with Crippen LogP contribution in [0.2, 0.25) is 0 Å². The molecule has 0 saturated carbocycles. The highest BCUT2D eigenvalue weighted by Gasteiger charge is 2.33. The van der Waals surface area contributed by atoms with Gasteiger partial charge >= 0.3 is 0 Å². The number of nitrogens with one attached hydrogen (secondary N) is 1. The van der Waals surface area contributed by atoms with Crippen LogP contribution in [0.25, 0.3) is 0 Å². The van der Waals surface area contributed by atoms with Gasteiger partial charge in [0.15, 0.2) is 11.5 Å². The van der Waals surface area contributed by atoms with E-state index in [0.29, 0.717) is 43.7 Å². The number of benzene rings is 1. The molecule has 1 fully saturated rings. The highest BCUT2D eigenvalue weighted by molar-refractivity contribution is 7.89. The van der Waals surface area contributed by atoms with E-state index >= 15 is 0 Å². The third kappa shape index (κ3) is 3.96. The summed E-state index contributed by atoms with van der Waals surface area (Å²) in [7, 11) is -3.54. The minimum Gasteiger partial charge on any atom is -0.486 e. The molecule has 8 heteroatoms. The zero-order valence-corrected chi connectivity index (χ0v) is 15.5. The molecule has 3 rings (SSSR count). The zero-order chi connectivity index (χ0) is 16.3. The van der Waals surface area contributed by atoms with Gasteiger partial charge in [0.1, 0.15) is 18.1 Å². The summed E-state index contributed by atoms with van der Waals surface area (Å²) in [6, 6.07) is 5.06. The number of para-hydroxylation sites is 1. The smallest absolute Gasteiger partial charge is 0.246 e. The lowest BCUT2D eigenvalue weighted by molar-refractivity contribution is 0.166. The Labute approximate surface area is 150 Å². The van der Waals surface area contributed by atoms with Crippen molar-refractivity contribution in [1.29, 1.82) is 0 Å². The van der Waals surface area contributed by atoms with Gasteiger partial charge in [-0.15, -0.1) is 12.4 Å². The van der Waals surface area contributed by atoms with Gasteiger partial charge in [0.25, 0.3) is 0 Å². The van der Waals surface area contributed by atoms with Gasteiger partial charge in [0.2, 0.25) is 10.0 Å². The summed E-state index contributed by atoms with van der Waals surface area (Å²) in [6.07, 6.45) is 1.78. The molecule has 0 unspecified atom stereocenters. The summed E-state index contributed by atoms with van der Waals surface area (Å²) in [5.41, 5.74) is 0. The molecule has 6 nitrogen and oxygen atoms in total. The van der Waals surface area contributed by atoms with E-state index in [9.17, 15) is 8.42 Å². The maximum absolute atomic E-state index is 13.0. The molecule has 0 atom stereocenters. The lowest BCUT2D eigenvalue weighted by atomic mass is 9.98. The summed E-state index contributed by atoms with van der Waals surface area (Å²) in [4.78, 5) is 0.222. The van der Waals surface area contributed by atoms with Gasteiger partial charge in [-0.3, -0.25) is 0 Å². The van der Waals surface area contributed by atoms with Gasteiger partial charge in [-0.25, -0.2) is 8.42 Å². The van der Waals surface area contributed by atoms with Crippen molar-refractivity contribution in [2.75, 3.05) is 39.4 Å². The molecule has 1 saturated heterocycles. The van der Waals surface area contributed by atoms with Crippen molar-refractivity contribution < 1.29 is 17.9 Å². The molecule has 1 N–H and O–H groups in total. The van der Waals surface area contributed by atoms with Crippen LogP contribution in [0.5, 0.6) is 11.5 Å². The van der Waals surface area contributed by atoms with E-state index in [-0.39, 0.29) is 17.3 Å². The first-order chi connectivity index (χ1) is 11.1. The van der Waals surface area contributed by atoms with Gasteiger partial charge in [0.05, 0.1) is 0 Å². The summed E-state index contributed by atoms with van der Waals surface area (Å²) in [6.45, 7) is 5.94. The largest absolute Gasteiger partial charge is 0.486 e. The molecule has 0 bridgehead atoms. The number of hydrogen-bond acceptors (Lipinski definition) is 5. The van der Waals surface area contributed by atoms with E-state index in [1.54, 1.807) is 22.5 Å².